The van der Waals surface area contributed by atoms with E-state index in [-0.39, 0.29) is 5.91 Å². The first-order valence-corrected chi connectivity index (χ1v) is 8.83. The molecule has 0 aliphatic carbocycles. The molecule has 0 N–H and O–H groups in total. The van der Waals surface area contributed by atoms with Gasteiger partial charge in [-0.2, -0.15) is 5.26 Å². The van der Waals surface area contributed by atoms with Gasteiger partial charge in [-0.05, 0) is 47.7 Å². The maximum absolute atomic E-state index is 12.9. The highest BCUT2D eigenvalue weighted by Gasteiger charge is 2.28. The fraction of sp³-hybridized carbons (Fsp3) is 0.273. The molecule has 0 bridgehead atoms. The number of nitrogens with zero attached hydrogens (tertiary/aromatic N) is 2. The van der Waals surface area contributed by atoms with Crippen molar-refractivity contribution in [2.24, 2.45) is 0 Å². The SMILES string of the molecule is CCCCCc1ccc(C(=O)N2C=Cc3ccccc3[C@H]2C#N)cc1. The van der Waals surface area contributed by atoms with Crippen molar-refractivity contribution in [3.63, 3.8) is 0 Å². The van der Waals surface area contributed by atoms with Gasteiger partial charge in [-0.15, -0.1) is 0 Å². The van der Waals surface area contributed by atoms with Crippen molar-refractivity contribution in [3.8, 4) is 6.07 Å². The summed E-state index contributed by atoms with van der Waals surface area (Å²) in [6.45, 7) is 2.19. The number of fused-ring (bicyclic) bond motifs is 1. The van der Waals surface area contributed by atoms with Gasteiger partial charge in [0.05, 0.1) is 6.07 Å². The number of rotatable bonds is 5. The molecule has 3 heteroatoms. The van der Waals surface area contributed by atoms with Crippen LogP contribution in [0.5, 0.6) is 0 Å². The lowest BCUT2D eigenvalue weighted by atomic mass is 9.96. The normalized spacial score (nSPS) is 15.5. The Morgan fingerprint density at radius 1 is 1.12 bits per heavy atom. The van der Waals surface area contributed by atoms with E-state index >= 15 is 0 Å². The van der Waals surface area contributed by atoms with Crippen molar-refractivity contribution < 1.29 is 4.79 Å². The third-order valence-corrected chi connectivity index (χ3v) is 4.61. The van der Waals surface area contributed by atoms with Crippen molar-refractivity contribution in [1.82, 2.24) is 4.90 Å². The monoisotopic (exact) mass is 330 g/mol. The predicted octanol–water partition coefficient (Wildman–Crippen LogP) is 5.11. The average molecular weight is 330 g/mol. The Morgan fingerprint density at radius 3 is 2.60 bits per heavy atom. The molecule has 25 heavy (non-hydrogen) atoms. The molecule has 0 fully saturated rings. The van der Waals surface area contributed by atoms with Gasteiger partial charge in [0.1, 0.15) is 6.04 Å². The molecule has 2 aromatic rings. The summed E-state index contributed by atoms with van der Waals surface area (Å²) in [5.74, 6) is -0.141. The van der Waals surface area contributed by atoms with Gasteiger partial charge in [-0.25, -0.2) is 0 Å². The smallest absolute Gasteiger partial charge is 0.259 e. The van der Waals surface area contributed by atoms with Gasteiger partial charge < -0.3 is 0 Å². The molecule has 126 valence electrons. The second kappa shape index (κ2) is 7.81. The van der Waals surface area contributed by atoms with Gasteiger partial charge in [-0.3, -0.25) is 9.69 Å². The maximum Gasteiger partial charge on any atom is 0.259 e. The lowest BCUT2D eigenvalue weighted by molar-refractivity contribution is 0.0794. The molecule has 3 rings (SSSR count). The van der Waals surface area contributed by atoms with Crippen LogP contribution in [-0.4, -0.2) is 10.8 Å². The van der Waals surface area contributed by atoms with Gasteiger partial charge in [0.15, 0.2) is 0 Å². The second-order valence-corrected chi connectivity index (χ2v) is 6.34. The van der Waals surface area contributed by atoms with Gasteiger partial charge in [0.25, 0.3) is 5.91 Å². The fourth-order valence-electron chi connectivity index (χ4n) is 3.17. The van der Waals surface area contributed by atoms with E-state index in [2.05, 4.69) is 13.0 Å². The Labute approximate surface area is 149 Å². The zero-order valence-corrected chi connectivity index (χ0v) is 14.5. The lowest BCUT2D eigenvalue weighted by Crippen LogP contribution is -2.31. The fourth-order valence-corrected chi connectivity index (χ4v) is 3.17. The Balaban J connectivity index is 1.78. The summed E-state index contributed by atoms with van der Waals surface area (Å²) in [5.41, 5.74) is 3.73. The number of hydrogen-bond donors (Lipinski definition) is 0. The Morgan fingerprint density at radius 2 is 1.88 bits per heavy atom. The molecule has 0 unspecified atom stereocenters. The quantitative estimate of drug-likeness (QED) is 0.715. The molecule has 0 saturated carbocycles. The van der Waals surface area contributed by atoms with Gasteiger partial charge in [0.2, 0.25) is 0 Å². The van der Waals surface area contributed by atoms with E-state index in [0.717, 1.165) is 17.5 Å². The molecule has 0 radical (unpaired) electrons. The van der Waals surface area contributed by atoms with Crippen LogP contribution in [-0.2, 0) is 6.42 Å². The first-order chi connectivity index (χ1) is 12.2. The number of carbonyl (C=O) groups is 1. The minimum atomic E-state index is -0.585. The minimum absolute atomic E-state index is 0.141. The van der Waals surface area contributed by atoms with E-state index in [1.807, 2.05) is 54.6 Å². The van der Waals surface area contributed by atoms with Crippen molar-refractivity contribution in [3.05, 3.63) is 77.0 Å². The summed E-state index contributed by atoms with van der Waals surface area (Å²) in [7, 11) is 0. The van der Waals surface area contributed by atoms with Crippen LogP contribution in [0.1, 0.15) is 59.3 Å². The number of amides is 1. The van der Waals surface area contributed by atoms with Gasteiger partial charge in [-0.1, -0.05) is 56.2 Å². The summed E-state index contributed by atoms with van der Waals surface area (Å²) < 4.78 is 0. The summed E-state index contributed by atoms with van der Waals surface area (Å²) in [5, 5.41) is 9.59. The molecule has 1 aliphatic rings. The molecule has 0 aromatic heterocycles. The number of aryl methyl sites for hydroxylation is 1. The highest BCUT2D eigenvalue weighted by Crippen LogP contribution is 2.30. The summed E-state index contributed by atoms with van der Waals surface area (Å²) in [4.78, 5) is 14.4. The minimum Gasteiger partial charge on any atom is -0.294 e. The molecule has 2 aromatic carbocycles. The van der Waals surface area contributed by atoms with Crippen molar-refractivity contribution in [1.29, 1.82) is 5.26 Å². The number of unbranched alkanes of at least 4 members (excludes halogenated alkanes) is 2. The van der Waals surface area contributed by atoms with Crippen molar-refractivity contribution in [2.75, 3.05) is 0 Å². The van der Waals surface area contributed by atoms with Gasteiger partial charge >= 0.3 is 0 Å². The van der Waals surface area contributed by atoms with Crippen LogP contribution in [0.25, 0.3) is 6.08 Å². The van der Waals surface area contributed by atoms with Crippen LogP contribution in [0.2, 0.25) is 0 Å². The van der Waals surface area contributed by atoms with Crippen LogP contribution in [0, 0.1) is 11.3 Å². The van der Waals surface area contributed by atoms with Crippen molar-refractivity contribution in [2.45, 2.75) is 38.6 Å². The van der Waals surface area contributed by atoms with Crippen molar-refractivity contribution >= 4 is 12.0 Å². The number of benzene rings is 2. The molecule has 0 saturated heterocycles. The first-order valence-electron chi connectivity index (χ1n) is 8.83. The van der Waals surface area contributed by atoms with Crippen LogP contribution >= 0.6 is 0 Å². The van der Waals surface area contributed by atoms with E-state index < -0.39 is 6.04 Å². The van der Waals surface area contributed by atoms with Gasteiger partial charge in [0, 0.05) is 11.8 Å². The maximum atomic E-state index is 12.9. The molecule has 1 amide bonds. The first kappa shape index (κ1) is 17.0. The highest BCUT2D eigenvalue weighted by atomic mass is 16.2. The molecular weight excluding hydrogens is 308 g/mol. The average Bonchev–Trinajstić information content (AvgIpc) is 2.67. The Kier molecular flexibility index (Phi) is 5.30. The van der Waals surface area contributed by atoms with E-state index in [4.69, 9.17) is 0 Å². The van der Waals surface area contributed by atoms with Crippen LogP contribution in [0.4, 0.5) is 0 Å². The zero-order valence-electron chi connectivity index (χ0n) is 14.5. The zero-order chi connectivity index (χ0) is 17.6. The highest BCUT2D eigenvalue weighted by molar-refractivity contribution is 5.96. The molecular formula is C22H22N2O. The topological polar surface area (TPSA) is 44.1 Å². The van der Waals surface area contributed by atoms with E-state index in [9.17, 15) is 10.1 Å². The molecule has 3 nitrogen and oxygen atoms in total. The summed E-state index contributed by atoms with van der Waals surface area (Å²) in [6, 6.07) is 17.2. The molecule has 1 heterocycles. The Hall–Kier alpha value is -2.86. The van der Waals surface area contributed by atoms with E-state index in [0.29, 0.717) is 5.56 Å². The van der Waals surface area contributed by atoms with Crippen LogP contribution < -0.4 is 0 Å². The number of nitriles is 1. The number of hydrogen-bond acceptors (Lipinski definition) is 2. The van der Waals surface area contributed by atoms with E-state index in [1.165, 1.54) is 29.7 Å². The molecule has 1 aliphatic heterocycles. The molecule has 1 atom stereocenters. The molecule has 0 spiro atoms. The number of carbonyl (C=O) groups excluding carboxylic acids is 1. The van der Waals surface area contributed by atoms with Crippen LogP contribution in [0.15, 0.2) is 54.7 Å². The summed E-state index contributed by atoms with van der Waals surface area (Å²) in [6.07, 6.45) is 8.25. The predicted molar refractivity (Wildman–Crippen MR) is 99.7 cm³/mol. The standard InChI is InChI=1S/C22H22N2O/c1-2-3-4-7-17-10-12-19(13-11-17)22(25)24-15-14-18-8-5-6-9-20(18)21(24)16-23/h5-6,8-15,21H,2-4,7H2,1H3/t21-/m1/s1. The summed E-state index contributed by atoms with van der Waals surface area (Å²) >= 11 is 0. The third kappa shape index (κ3) is 3.64. The van der Waals surface area contributed by atoms with E-state index in [1.54, 1.807) is 6.20 Å². The Bertz CT molecular complexity index is 815. The third-order valence-electron chi connectivity index (χ3n) is 4.61. The second-order valence-electron chi connectivity index (χ2n) is 6.34. The van der Waals surface area contributed by atoms with Crippen LogP contribution in [0.3, 0.4) is 0 Å². The largest absolute Gasteiger partial charge is 0.294 e. The lowest BCUT2D eigenvalue weighted by Gasteiger charge is -2.28.